The number of nitrogens with one attached hydrogen (secondary N) is 2. The summed E-state index contributed by atoms with van der Waals surface area (Å²) >= 11 is 0. The van der Waals surface area contributed by atoms with Crippen molar-refractivity contribution in [3.05, 3.63) is 60.7 Å². The molecule has 2 rings (SSSR count). The molecule has 7 heteroatoms. The molecule has 0 heterocycles. The fourth-order valence-electron chi connectivity index (χ4n) is 2.25. The van der Waals surface area contributed by atoms with Crippen molar-refractivity contribution in [1.29, 1.82) is 0 Å². The zero-order chi connectivity index (χ0) is 18.4. The summed E-state index contributed by atoms with van der Waals surface area (Å²) in [6.07, 6.45) is 0.955. The molecule has 138 valence electrons. The minimum Gasteiger partial charge on any atom is -0.419 e. The molecule has 0 bridgehead atoms. The lowest BCUT2D eigenvalue weighted by Gasteiger charge is -2.24. The van der Waals surface area contributed by atoms with Crippen LogP contribution in [0.25, 0.3) is 0 Å². The van der Waals surface area contributed by atoms with Gasteiger partial charge in [-0.25, -0.2) is 0 Å². The molecule has 0 radical (unpaired) electrons. The molecular formula is C18H30N2O3Si2. The van der Waals surface area contributed by atoms with Crippen LogP contribution in [0, 0.1) is 0 Å². The number of benzene rings is 2. The van der Waals surface area contributed by atoms with Gasteiger partial charge in [-0.1, -0.05) is 36.4 Å². The van der Waals surface area contributed by atoms with Crippen molar-refractivity contribution < 1.29 is 13.3 Å². The third-order valence-electron chi connectivity index (χ3n) is 3.76. The first-order valence-electron chi connectivity index (χ1n) is 8.37. The minimum atomic E-state index is -2.40. The van der Waals surface area contributed by atoms with Gasteiger partial charge < -0.3 is 23.6 Å². The second-order valence-corrected chi connectivity index (χ2v) is 8.90. The molecule has 0 atom stereocenters. The number of hydrogen-bond acceptors (Lipinski definition) is 5. The van der Waals surface area contributed by atoms with Crippen molar-refractivity contribution in [3.63, 3.8) is 0 Å². The lowest BCUT2D eigenvalue weighted by molar-refractivity contribution is 0.123. The van der Waals surface area contributed by atoms with Crippen LogP contribution in [0.5, 0.6) is 0 Å². The first kappa shape index (κ1) is 21.4. The van der Waals surface area contributed by atoms with Gasteiger partial charge in [0.2, 0.25) is 0 Å². The monoisotopic (exact) mass is 378 g/mol. The van der Waals surface area contributed by atoms with Crippen molar-refractivity contribution in [2.24, 2.45) is 0 Å². The molecule has 0 spiro atoms. The summed E-state index contributed by atoms with van der Waals surface area (Å²) < 4.78 is 16.1. The number of hydrogen-bond donors (Lipinski definition) is 2. The van der Waals surface area contributed by atoms with Gasteiger partial charge in [-0.05, 0) is 30.7 Å². The third-order valence-corrected chi connectivity index (χ3v) is 7.17. The molecule has 25 heavy (non-hydrogen) atoms. The molecule has 0 saturated heterocycles. The second-order valence-electron chi connectivity index (χ2n) is 5.31. The third kappa shape index (κ3) is 8.32. The Balaban J connectivity index is 0.000000324. The molecule has 5 nitrogen and oxygen atoms in total. The molecule has 0 aromatic heterocycles. The first-order chi connectivity index (χ1) is 12.2. The van der Waals surface area contributed by atoms with E-state index in [0.717, 1.165) is 35.1 Å². The van der Waals surface area contributed by atoms with Crippen molar-refractivity contribution in [2.75, 3.05) is 38.2 Å². The Morgan fingerprint density at radius 3 is 1.68 bits per heavy atom. The van der Waals surface area contributed by atoms with Crippen molar-refractivity contribution >= 4 is 30.6 Å². The highest BCUT2D eigenvalue weighted by atomic mass is 28.4. The Hall–Kier alpha value is -1.65. The highest BCUT2D eigenvalue weighted by Crippen LogP contribution is 2.15. The molecule has 0 aliphatic rings. The van der Waals surface area contributed by atoms with E-state index >= 15 is 0 Å². The minimum absolute atomic E-state index is 0.816. The largest absolute Gasteiger partial charge is 0.500 e. The van der Waals surface area contributed by atoms with Crippen LogP contribution >= 0.6 is 0 Å². The smallest absolute Gasteiger partial charge is 0.419 e. The highest BCUT2D eigenvalue weighted by Gasteiger charge is 2.36. The van der Waals surface area contributed by atoms with E-state index in [1.165, 1.54) is 5.69 Å². The predicted molar refractivity (Wildman–Crippen MR) is 111 cm³/mol. The molecule has 0 aliphatic carbocycles. The predicted octanol–water partition coefficient (Wildman–Crippen LogP) is 2.75. The highest BCUT2D eigenvalue weighted by molar-refractivity contribution is 6.60. The van der Waals surface area contributed by atoms with E-state index in [-0.39, 0.29) is 0 Å². The summed E-state index contributed by atoms with van der Waals surface area (Å²) in [7, 11) is 3.56. The van der Waals surface area contributed by atoms with Crippen LogP contribution in [0.4, 0.5) is 11.4 Å². The Kier molecular flexibility index (Phi) is 10.9. The molecule has 0 unspecified atom stereocenters. The first-order valence-corrected chi connectivity index (χ1v) is 11.3. The van der Waals surface area contributed by atoms with Crippen LogP contribution < -0.4 is 10.3 Å². The Labute approximate surface area is 155 Å². The van der Waals surface area contributed by atoms with Gasteiger partial charge in [0.05, 0.1) is 0 Å². The fraction of sp³-hybridized carbons (Fsp3) is 0.333. The van der Waals surface area contributed by atoms with Crippen LogP contribution in [0.1, 0.15) is 6.42 Å². The average molecular weight is 379 g/mol. The summed E-state index contributed by atoms with van der Waals surface area (Å²) in [5, 5.41) is 3.35. The van der Waals surface area contributed by atoms with Crippen LogP contribution in [0.15, 0.2) is 60.7 Å². The molecule has 0 aliphatic heterocycles. The summed E-state index contributed by atoms with van der Waals surface area (Å²) in [4.78, 5) is 3.17. The second kappa shape index (κ2) is 12.7. The van der Waals surface area contributed by atoms with Gasteiger partial charge in [0.1, 0.15) is 10.4 Å². The van der Waals surface area contributed by atoms with E-state index in [0.29, 0.717) is 0 Å². The normalized spacial score (nSPS) is 10.7. The van der Waals surface area contributed by atoms with Gasteiger partial charge in [0.25, 0.3) is 0 Å². The van der Waals surface area contributed by atoms with Crippen LogP contribution in [0.3, 0.4) is 0 Å². The lowest BCUT2D eigenvalue weighted by Crippen LogP contribution is -2.42. The van der Waals surface area contributed by atoms with Gasteiger partial charge in [0.15, 0.2) is 0 Å². The van der Waals surface area contributed by atoms with E-state index in [1.54, 1.807) is 21.3 Å². The Bertz CT molecular complexity index is 546. The average Bonchev–Trinajstić information content (AvgIpc) is 2.70. The zero-order valence-corrected chi connectivity index (χ0v) is 18.6. The van der Waals surface area contributed by atoms with Gasteiger partial charge in [0, 0.05) is 45.3 Å². The molecule has 0 amide bonds. The van der Waals surface area contributed by atoms with Crippen LogP contribution in [0.2, 0.25) is 6.04 Å². The molecule has 2 aromatic rings. The number of para-hydroxylation sites is 2. The van der Waals surface area contributed by atoms with E-state index < -0.39 is 8.80 Å². The fourth-order valence-corrected chi connectivity index (χ4v) is 4.31. The maximum atomic E-state index is 5.36. The SMILES string of the molecule is CO[Si](CCCNc1ccccc1)(OC)OC.[SiH3]Nc1ccccc1. The Morgan fingerprint density at radius 2 is 1.28 bits per heavy atom. The number of anilines is 2. The van der Waals surface area contributed by atoms with Crippen molar-refractivity contribution in [1.82, 2.24) is 0 Å². The summed E-state index contributed by atoms with van der Waals surface area (Å²) in [6, 6.07) is 21.1. The summed E-state index contributed by atoms with van der Waals surface area (Å²) in [5.74, 6) is 0. The summed E-state index contributed by atoms with van der Waals surface area (Å²) in [6.45, 7) is 0.884. The van der Waals surface area contributed by atoms with E-state index in [2.05, 4.69) is 22.4 Å². The Morgan fingerprint density at radius 1 is 0.800 bits per heavy atom. The standard InChI is InChI=1S/C12H21NO3Si.C6H9NSi/c1-14-17(15-2,16-3)11-7-10-13-12-8-5-4-6-9-12;8-7-6-4-2-1-3-5-6/h4-6,8-9,13H,7,10-11H2,1-3H3;1-5,7H,8H3. The van der Waals surface area contributed by atoms with Gasteiger partial charge in [-0.2, -0.15) is 0 Å². The van der Waals surface area contributed by atoms with Gasteiger partial charge >= 0.3 is 8.80 Å². The van der Waals surface area contributed by atoms with E-state index in [9.17, 15) is 0 Å². The topological polar surface area (TPSA) is 51.8 Å². The quantitative estimate of drug-likeness (QED) is 0.519. The molecular weight excluding hydrogens is 348 g/mol. The molecule has 0 saturated carbocycles. The summed E-state index contributed by atoms with van der Waals surface area (Å²) in [5.41, 5.74) is 2.35. The van der Waals surface area contributed by atoms with E-state index in [4.69, 9.17) is 13.3 Å². The molecule has 2 N–H and O–H groups in total. The molecule has 2 aromatic carbocycles. The van der Waals surface area contributed by atoms with Gasteiger partial charge in [-0.15, -0.1) is 0 Å². The van der Waals surface area contributed by atoms with E-state index in [1.807, 2.05) is 48.5 Å². The van der Waals surface area contributed by atoms with Crippen LogP contribution in [-0.4, -0.2) is 47.1 Å². The lowest BCUT2D eigenvalue weighted by atomic mass is 10.3. The zero-order valence-electron chi connectivity index (χ0n) is 15.6. The maximum absolute atomic E-state index is 5.36. The maximum Gasteiger partial charge on any atom is 0.500 e. The van der Waals surface area contributed by atoms with Crippen molar-refractivity contribution in [2.45, 2.75) is 12.5 Å². The molecule has 0 fully saturated rings. The number of rotatable bonds is 9. The van der Waals surface area contributed by atoms with Gasteiger partial charge in [-0.3, -0.25) is 0 Å². The van der Waals surface area contributed by atoms with Crippen molar-refractivity contribution in [3.8, 4) is 0 Å². The van der Waals surface area contributed by atoms with Crippen LogP contribution in [-0.2, 0) is 13.3 Å².